The number of Topliss-reactive ketones (excluding diaryl/α,β-unsaturated/α-hetero) is 1. The minimum absolute atomic E-state index is 0.00991. The van der Waals surface area contributed by atoms with Gasteiger partial charge in [-0.15, -0.1) is 0 Å². The van der Waals surface area contributed by atoms with Crippen LogP contribution in [0.3, 0.4) is 0 Å². The van der Waals surface area contributed by atoms with Crippen LogP contribution in [0.5, 0.6) is 0 Å². The van der Waals surface area contributed by atoms with Gasteiger partial charge in [0, 0.05) is 23.2 Å². The number of ketones is 1. The van der Waals surface area contributed by atoms with Crippen LogP contribution in [0.15, 0.2) is 0 Å². The molecule has 36 heavy (non-hydrogen) atoms. The number of carbonyl (C=O) groups excluding carboxylic acids is 5. The van der Waals surface area contributed by atoms with E-state index >= 15 is 0 Å². The zero-order chi connectivity index (χ0) is 25.6. The minimum Gasteiger partial charge on any atom is -0.465 e. The second-order valence-corrected chi connectivity index (χ2v) is 12.8. The summed E-state index contributed by atoms with van der Waals surface area (Å²) in [6.07, 6.45) is -1.04. The standard InChI is InChI=1S/C26H30O10/c1-22(2)13-8-14(27)24(4)12(25(13)10-32-16(28)9-15(25)35-22)5-6-23(3)18(11-7-17(29)33-20(11)30)34-21(31)19-26(23,24)36-19/h11-13,15,18-19H,5-10H2,1-4H3/t11?,12?,13?,15?,18-,19+,23-,24-,25+,26+/m0/s1. The lowest BCUT2D eigenvalue weighted by Crippen LogP contribution is -2.74. The molecule has 10 nitrogen and oxygen atoms in total. The van der Waals surface area contributed by atoms with E-state index in [9.17, 15) is 24.0 Å². The van der Waals surface area contributed by atoms with Crippen LogP contribution < -0.4 is 0 Å². The summed E-state index contributed by atoms with van der Waals surface area (Å²) in [5.41, 5.74) is -4.40. The third-order valence-corrected chi connectivity index (χ3v) is 11.2. The topological polar surface area (TPSA) is 135 Å². The lowest BCUT2D eigenvalue weighted by atomic mass is 9.37. The Kier molecular flexibility index (Phi) is 4.05. The highest BCUT2D eigenvalue weighted by molar-refractivity contribution is 5.97. The molecule has 2 saturated carbocycles. The molecule has 7 rings (SSSR count). The molecule has 7 aliphatic rings. The van der Waals surface area contributed by atoms with Crippen molar-refractivity contribution >= 4 is 29.7 Å². The number of rotatable bonds is 1. The number of hydrogen-bond acceptors (Lipinski definition) is 10. The van der Waals surface area contributed by atoms with Gasteiger partial charge in [0.15, 0.2) is 6.10 Å². The number of ether oxygens (including phenoxy) is 5. The van der Waals surface area contributed by atoms with Crippen molar-refractivity contribution in [2.45, 2.75) is 89.3 Å². The van der Waals surface area contributed by atoms with Gasteiger partial charge in [0.05, 0.1) is 30.0 Å². The quantitative estimate of drug-likeness (QED) is 0.223. The molecule has 0 aromatic rings. The van der Waals surface area contributed by atoms with E-state index in [1.54, 1.807) is 0 Å². The molecule has 0 aromatic carbocycles. The van der Waals surface area contributed by atoms with Crippen molar-refractivity contribution in [3.8, 4) is 0 Å². The first-order valence-corrected chi connectivity index (χ1v) is 12.8. The van der Waals surface area contributed by atoms with E-state index in [1.807, 2.05) is 27.7 Å². The molecule has 5 heterocycles. The highest BCUT2D eigenvalue weighted by atomic mass is 16.7. The fourth-order valence-electron chi connectivity index (χ4n) is 9.76. The van der Waals surface area contributed by atoms with Crippen LogP contribution in [-0.4, -0.2) is 65.8 Å². The van der Waals surface area contributed by atoms with Gasteiger partial charge in [-0.3, -0.25) is 19.2 Å². The SMILES string of the molecule is CC1(C)OC2CC(=O)OC[C@@]23C1CC(=O)[C@]1(C)C3CC[C@@]2(C)[C@H](C3CC(=O)OC3=O)OC(=O)[C@H]3O[C@]321. The molecule has 194 valence electrons. The second-order valence-electron chi connectivity index (χ2n) is 12.8. The Bertz CT molecular complexity index is 1160. The van der Waals surface area contributed by atoms with E-state index in [-0.39, 0.29) is 49.5 Å². The van der Waals surface area contributed by atoms with Crippen LogP contribution in [-0.2, 0) is 47.7 Å². The van der Waals surface area contributed by atoms with Gasteiger partial charge in [0.2, 0.25) is 0 Å². The molecule has 0 bridgehead atoms. The van der Waals surface area contributed by atoms with Gasteiger partial charge in [-0.2, -0.15) is 0 Å². The monoisotopic (exact) mass is 502 g/mol. The van der Waals surface area contributed by atoms with Crippen molar-refractivity contribution < 1.29 is 47.7 Å². The van der Waals surface area contributed by atoms with Gasteiger partial charge in [-0.05, 0) is 39.5 Å². The van der Waals surface area contributed by atoms with E-state index in [1.165, 1.54) is 0 Å². The number of carbonyl (C=O) groups is 5. The summed E-state index contributed by atoms with van der Waals surface area (Å²) in [5, 5.41) is 0. The predicted molar refractivity (Wildman–Crippen MR) is 116 cm³/mol. The van der Waals surface area contributed by atoms with Crippen LogP contribution in [0.2, 0.25) is 0 Å². The predicted octanol–water partition coefficient (Wildman–Crippen LogP) is 1.26. The summed E-state index contributed by atoms with van der Waals surface area (Å²) in [6.45, 7) is 7.89. The first-order valence-electron chi connectivity index (χ1n) is 12.8. The molecular weight excluding hydrogens is 472 g/mol. The van der Waals surface area contributed by atoms with Gasteiger partial charge in [0.1, 0.15) is 30.0 Å². The van der Waals surface area contributed by atoms with Crippen LogP contribution in [0, 0.1) is 34.0 Å². The fourth-order valence-corrected chi connectivity index (χ4v) is 9.76. The maximum atomic E-state index is 14.3. The molecule has 5 aliphatic heterocycles. The van der Waals surface area contributed by atoms with Gasteiger partial charge >= 0.3 is 23.9 Å². The molecule has 0 aromatic heterocycles. The molecular formula is C26H30O10. The number of cyclic esters (lactones) is 4. The Morgan fingerprint density at radius 2 is 1.58 bits per heavy atom. The number of esters is 4. The van der Waals surface area contributed by atoms with Crippen LogP contribution in [0.1, 0.15) is 59.8 Å². The normalized spacial score (nSPS) is 54.3. The first-order chi connectivity index (χ1) is 16.8. The molecule has 2 spiro atoms. The van der Waals surface area contributed by atoms with Crippen molar-refractivity contribution in [2.24, 2.45) is 34.0 Å². The zero-order valence-electron chi connectivity index (χ0n) is 20.8. The minimum atomic E-state index is -1.19. The van der Waals surface area contributed by atoms with Crippen LogP contribution in [0.25, 0.3) is 0 Å². The summed E-state index contributed by atoms with van der Waals surface area (Å²) in [5.74, 6) is -3.65. The summed E-state index contributed by atoms with van der Waals surface area (Å²) >= 11 is 0. The Morgan fingerprint density at radius 1 is 0.833 bits per heavy atom. The lowest BCUT2D eigenvalue weighted by molar-refractivity contribution is -0.229. The van der Waals surface area contributed by atoms with Gasteiger partial charge in [-0.1, -0.05) is 6.92 Å². The highest BCUT2D eigenvalue weighted by Gasteiger charge is 2.90. The van der Waals surface area contributed by atoms with Crippen LogP contribution in [0.4, 0.5) is 0 Å². The molecule has 10 heteroatoms. The van der Waals surface area contributed by atoms with Gasteiger partial charge in [0.25, 0.3) is 0 Å². The molecule has 5 saturated heterocycles. The van der Waals surface area contributed by atoms with Crippen molar-refractivity contribution in [1.82, 2.24) is 0 Å². The molecule has 0 amide bonds. The van der Waals surface area contributed by atoms with E-state index < -0.39 is 69.6 Å². The number of fused-ring (bicyclic) bond motifs is 1. The average Bonchev–Trinajstić information content (AvgIpc) is 3.43. The van der Waals surface area contributed by atoms with E-state index in [4.69, 9.17) is 23.7 Å². The van der Waals surface area contributed by atoms with Crippen molar-refractivity contribution in [3.63, 3.8) is 0 Å². The van der Waals surface area contributed by atoms with Gasteiger partial charge in [-0.25, -0.2) is 4.79 Å². The van der Waals surface area contributed by atoms with Crippen molar-refractivity contribution in [3.05, 3.63) is 0 Å². The average molecular weight is 503 g/mol. The summed E-state index contributed by atoms with van der Waals surface area (Å²) < 4.78 is 29.0. The van der Waals surface area contributed by atoms with Crippen molar-refractivity contribution in [2.75, 3.05) is 6.61 Å². The third kappa shape index (κ3) is 2.23. The smallest absolute Gasteiger partial charge is 0.338 e. The molecule has 0 radical (unpaired) electrons. The summed E-state index contributed by atoms with van der Waals surface area (Å²) in [7, 11) is 0. The highest BCUT2D eigenvalue weighted by Crippen LogP contribution is 2.78. The Morgan fingerprint density at radius 3 is 2.28 bits per heavy atom. The van der Waals surface area contributed by atoms with E-state index in [0.29, 0.717) is 12.8 Å². The summed E-state index contributed by atoms with van der Waals surface area (Å²) in [6, 6.07) is 0. The summed E-state index contributed by atoms with van der Waals surface area (Å²) in [4.78, 5) is 64.2. The molecule has 4 unspecified atom stereocenters. The van der Waals surface area contributed by atoms with E-state index in [2.05, 4.69) is 0 Å². The van der Waals surface area contributed by atoms with Crippen LogP contribution >= 0.6 is 0 Å². The molecule has 2 aliphatic carbocycles. The Hall–Kier alpha value is -2.33. The Balaban J connectivity index is 1.38. The maximum Gasteiger partial charge on any atom is 0.338 e. The fraction of sp³-hybridized carbons (Fsp3) is 0.808. The molecule has 7 fully saturated rings. The lowest BCUT2D eigenvalue weighted by Gasteiger charge is -2.65. The molecule has 10 atom stereocenters. The van der Waals surface area contributed by atoms with Crippen molar-refractivity contribution in [1.29, 1.82) is 0 Å². The Labute approximate surface area is 207 Å². The number of epoxide rings is 1. The number of hydrogen-bond donors (Lipinski definition) is 0. The molecule has 0 N–H and O–H groups in total. The largest absolute Gasteiger partial charge is 0.465 e. The van der Waals surface area contributed by atoms with Gasteiger partial charge < -0.3 is 23.7 Å². The maximum absolute atomic E-state index is 14.3. The first kappa shape index (κ1) is 22.8. The van der Waals surface area contributed by atoms with E-state index in [0.717, 1.165) is 0 Å². The third-order valence-electron chi connectivity index (χ3n) is 11.2. The second kappa shape index (κ2) is 6.38. The zero-order valence-corrected chi connectivity index (χ0v) is 20.8.